The Morgan fingerprint density at radius 1 is 0.600 bits per heavy atom. The molecule has 0 amide bonds. The summed E-state index contributed by atoms with van der Waals surface area (Å²) >= 11 is 0. The van der Waals surface area contributed by atoms with Crippen LogP contribution in [0.2, 0.25) is 0 Å². The van der Waals surface area contributed by atoms with E-state index in [0.717, 1.165) is 18.7 Å². The molecule has 0 aliphatic rings. The van der Waals surface area contributed by atoms with Gasteiger partial charge in [-0.1, -0.05) is 90.4 Å². The topological polar surface area (TPSA) is 99.0 Å². The Hall–Kier alpha value is -3.70. The quantitative estimate of drug-likeness (QED) is 0.0985. The van der Waals surface area contributed by atoms with E-state index < -0.39 is 7.32 Å². The van der Waals surface area contributed by atoms with E-state index in [1.807, 2.05) is 10.8 Å². The van der Waals surface area contributed by atoms with Crippen LogP contribution in [0.15, 0.2) is 62.2 Å². The van der Waals surface area contributed by atoms with Gasteiger partial charge < -0.3 is 14.3 Å². The van der Waals surface area contributed by atoms with Gasteiger partial charge in [-0.15, -0.1) is 0 Å². The van der Waals surface area contributed by atoms with Gasteiger partial charge in [0, 0.05) is 31.2 Å². The van der Waals surface area contributed by atoms with Crippen LogP contribution in [0, 0.1) is 0 Å². The monoisotopic (exact) mass is 550 g/mol. The molecular weight excluding hydrogens is 507 g/mol. The molecule has 11 nitrogen and oxygen atoms in total. The summed E-state index contributed by atoms with van der Waals surface area (Å²) in [4.78, 5) is 17.1. The average molecular weight is 551 g/mol. The van der Waals surface area contributed by atoms with Crippen LogP contribution < -0.4 is 14.3 Å². The highest BCUT2D eigenvalue weighted by Crippen LogP contribution is 2.15. The molecule has 0 radical (unpaired) electrons. The third-order valence-corrected chi connectivity index (χ3v) is 6.85. The van der Waals surface area contributed by atoms with Crippen LogP contribution in [0.1, 0.15) is 103 Å². The van der Waals surface area contributed by atoms with Crippen LogP contribution in [0.3, 0.4) is 0 Å². The lowest BCUT2D eigenvalue weighted by Crippen LogP contribution is -2.48. The minimum Gasteiger partial charge on any atom is -0.395 e. The fourth-order valence-corrected chi connectivity index (χ4v) is 4.68. The van der Waals surface area contributed by atoms with Gasteiger partial charge in [-0.25, -0.2) is 19.9 Å². The summed E-state index contributed by atoms with van der Waals surface area (Å²) in [6.07, 6.45) is 36.2. The first-order chi connectivity index (χ1) is 19.8. The molecule has 0 spiro atoms. The molecule has 0 atom stereocenters. The van der Waals surface area contributed by atoms with Crippen molar-refractivity contribution in [3.63, 3.8) is 0 Å². The Morgan fingerprint density at radius 3 is 1.70 bits per heavy atom. The second-order valence-corrected chi connectivity index (χ2v) is 10.1. The van der Waals surface area contributed by atoms with Gasteiger partial charge in [-0.05, 0) is 6.42 Å². The number of aromatic nitrogens is 8. The molecule has 0 aliphatic carbocycles. The summed E-state index contributed by atoms with van der Waals surface area (Å²) in [6.45, 7) is 2.28. The molecule has 4 heterocycles. The van der Waals surface area contributed by atoms with E-state index in [-0.39, 0.29) is 0 Å². The smallest absolute Gasteiger partial charge is 0.395 e. The van der Waals surface area contributed by atoms with Gasteiger partial charge in [0.1, 0.15) is 18.5 Å². The zero-order valence-electron chi connectivity index (χ0n) is 23.8. The minimum atomic E-state index is -1.14. The van der Waals surface area contributed by atoms with Gasteiger partial charge in [0.05, 0.1) is 24.8 Å². The maximum Gasteiger partial charge on any atom is 0.926 e. The van der Waals surface area contributed by atoms with Crippen molar-refractivity contribution >= 4 is 7.32 Å². The Labute approximate surface area is 237 Å². The molecule has 0 aliphatic heterocycles. The van der Waals surface area contributed by atoms with Gasteiger partial charge in [0.25, 0.3) is 0 Å². The summed E-state index contributed by atoms with van der Waals surface area (Å²) in [5.74, 6) is 1.50. The SMILES string of the molecule is CCCCCCCCCCCCCCCCc1nccn1-c1nccn1OB(On1ccnc1)On1ccnc1. The van der Waals surface area contributed by atoms with E-state index in [0.29, 0.717) is 5.95 Å². The van der Waals surface area contributed by atoms with E-state index in [1.54, 1.807) is 43.4 Å². The van der Waals surface area contributed by atoms with E-state index >= 15 is 0 Å². The molecule has 0 fully saturated rings. The third kappa shape index (κ3) is 9.80. The highest BCUT2D eigenvalue weighted by molar-refractivity contribution is 6.37. The number of hydrogen-bond acceptors (Lipinski definition) is 7. The molecule has 216 valence electrons. The van der Waals surface area contributed by atoms with Gasteiger partial charge >= 0.3 is 7.32 Å². The summed E-state index contributed by atoms with van der Waals surface area (Å²) in [6, 6.07) is 0. The molecule has 0 N–H and O–H groups in total. The first kappa shape index (κ1) is 29.3. The maximum absolute atomic E-state index is 6.00. The largest absolute Gasteiger partial charge is 0.926 e. The lowest BCUT2D eigenvalue weighted by Gasteiger charge is -2.17. The Morgan fingerprint density at radius 2 is 1.15 bits per heavy atom. The standard InChI is InChI=1S/C28H43BN8O3/c1-2-3-4-5-6-7-8-9-10-11-12-13-14-15-16-27-32-19-23-36(27)28-33-20-24-37(28)40-29(38-34-21-17-30-25-34)39-35-22-18-31-26-35/h17-26H,2-16H2,1H3. The fraction of sp³-hybridized carbons (Fsp3) is 0.571. The molecule has 4 rings (SSSR count). The van der Waals surface area contributed by atoms with Gasteiger partial charge in [0.2, 0.25) is 5.95 Å². The molecule has 0 saturated carbocycles. The zero-order chi connectivity index (χ0) is 27.7. The summed E-state index contributed by atoms with van der Waals surface area (Å²) in [5.41, 5.74) is 0. The van der Waals surface area contributed by atoms with Crippen molar-refractivity contribution in [3.05, 3.63) is 68.1 Å². The number of aryl methyl sites for hydroxylation is 1. The van der Waals surface area contributed by atoms with Gasteiger partial charge in [0.15, 0.2) is 0 Å². The van der Waals surface area contributed by atoms with E-state index in [1.165, 1.54) is 110 Å². The average Bonchev–Trinajstić information content (AvgIpc) is 3.78. The molecule has 0 aromatic carbocycles. The lowest BCUT2D eigenvalue weighted by atomic mass is 10.0. The van der Waals surface area contributed by atoms with Crippen molar-refractivity contribution in [1.29, 1.82) is 0 Å². The molecule has 4 aromatic rings. The van der Waals surface area contributed by atoms with Gasteiger partial charge in [-0.3, -0.25) is 4.57 Å². The number of unbranched alkanes of at least 4 members (excludes halogenated alkanes) is 13. The predicted molar refractivity (Wildman–Crippen MR) is 153 cm³/mol. The van der Waals surface area contributed by atoms with Gasteiger partial charge in [-0.2, -0.15) is 14.2 Å². The van der Waals surface area contributed by atoms with Crippen molar-refractivity contribution in [3.8, 4) is 5.95 Å². The fourth-order valence-electron chi connectivity index (χ4n) is 4.68. The van der Waals surface area contributed by atoms with Crippen molar-refractivity contribution < 1.29 is 14.3 Å². The molecule has 12 heteroatoms. The second-order valence-electron chi connectivity index (χ2n) is 10.1. The lowest BCUT2D eigenvalue weighted by molar-refractivity contribution is 0.0680. The number of hydrogen-bond donors (Lipinski definition) is 0. The highest BCUT2D eigenvalue weighted by Gasteiger charge is 2.34. The number of nitrogens with zero attached hydrogens (tertiary/aromatic N) is 8. The predicted octanol–water partition coefficient (Wildman–Crippen LogP) is 5.16. The van der Waals surface area contributed by atoms with Crippen LogP contribution in [0.4, 0.5) is 0 Å². The summed E-state index contributed by atoms with van der Waals surface area (Å²) in [7, 11) is -1.14. The van der Waals surface area contributed by atoms with E-state index in [9.17, 15) is 0 Å². The molecule has 0 bridgehead atoms. The van der Waals surface area contributed by atoms with Crippen molar-refractivity contribution in [2.75, 3.05) is 0 Å². The second kappa shape index (κ2) is 17.1. The number of rotatable bonds is 22. The third-order valence-electron chi connectivity index (χ3n) is 6.85. The van der Waals surface area contributed by atoms with E-state index in [2.05, 4.69) is 26.9 Å². The van der Waals surface area contributed by atoms with Crippen LogP contribution >= 0.6 is 0 Å². The van der Waals surface area contributed by atoms with Crippen LogP contribution in [0.5, 0.6) is 0 Å². The first-order valence-corrected chi connectivity index (χ1v) is 14.9. The minimum absolute atomic E-state index is 0.561. The molecule has 4 aromatic heterocycles. The van der Waals surface area contributed by atoms with E-state index in [4.69, 9.17) is 14.3 Å². The Kier molecular flexibility index (Phi) is 12.5. The summed E-state index contributed by atoms with van der Waals surface area (Å²) < 4.78 is 23.7. The van der Waals surface area contributed by atoms with Crippen molar-refractivity contribution in [2.24, 2.45) is 0 Å². The zero-order valence-corrected chi connectivity index (χ0v) is 23.8. The maximum atomic E-state index is 6.00. The Balaban J connectivity index is 1.18. The van der Waals surface area contributed by atoms with Crippen LogP contribution in [-0.4, -0.2) is 46.0 Å². The normalized spacial score (nSPS) is 11.1. The van der Waals surface area contributed by atoms with Crippen LogP contribution in [0.25, 0.3) is 5.95 Å². The molecular formula is C28H43BN8O3. The Bertz CT molecular complexity index is 1130. The van der Waals surface area contributed by atoms with Crippen molar-refractivity contribution in [2.45, 2.75) is 103 Å². The molecule has 0 saturated heterocycles. The molecule has 0 unspecified atom stereocenters. The van der Waals surface area contributed by atoms with Crippen LogP contribution in [-0.2, 0) is 6.42 Å². The highest BCUT2D eigenvalue weighted by atomic mass is 16.9. The van der Waals surface area contributed by atoms with Crippen molar-refractivity contribution in [1.82, 2.24) is 38.7 Å². The summed E-state index contributed by atoms with van der Waals surface area (Å²) in [5, 5.41) is 0. The first-order valence-electron chi connectivity index (χ1n) is 14.9. The molecule has 40 heavy (non-hydrogen) atoms. The number of imidazole rings is 4.